The summed E-state index contributed by atoms with van der Waals surface area (Å²) in [5.41, 5.74) is 2.54. The summed E-state index contributed by atoms with van der Waals surface area (Å²) in [6.45, 7) is 10.9. The summed E-state index contributed by atoms with van der Waals surface area (Å²) in [5.74, 6) is -0.192. The Bertz CT molecular complexity index is 1110. The molecule has 0 saturated carbocycles. The van der Waals surface area contributed by atoms with Crippen LogP contribution in [0.4, 0.5) is 20.6 Å². The third-order valence-electron chi connectivity index (χ3n) is 6.40. The van der Waals surface area contributed by atoms with Crippen LogP contribution in [0, 0.1) is 5.82 Å². The summed E-state index contributed by atoms with van der Waals surface area (Å²) in [6.07, 6.45) is 3.60. The predicted molar refractivity (Wildman–Crippen MR) is 146 cm³/mol. The zero-order valence-electron chi connectivity index (χ0n) is 22.4. The lowest BCUT2D eigenvalue weighted by molar-refractivity contribution is -0.113. The molecule has 2 aromatic carbocycles. The number of ether oxygens (including phenoxy) is 1. The number of amides is 2. The summed E-state index contributed by atoms with van der Waals surface area (Å²) in [7, 11) is 3.35. The van der Waals surface area contributed by atoms with Gasteiger partial charge in [-0.25, -0.2) is 9.18 Å². The summed E-state index contributed by atoms with van der Waals surface area (Å²) in [6, 6.07) is 12.8. The van der Waals surface area contributed by atoms with Gasteiger partial charge < -0.3 is 19.4 Å². The third-order valence-corrected chi connectivity index (χ3v) is 6.40. The van der Waals surface area contributed by atoms with Crippen molar-refractivity contribution in [3.8, 4) is 0 Å². The number of benzene rings is 2. The fourth-order valence-corrected chi connectivity index (χ4v) is 4.12. The maximum absolute atomic E-state index is 15.1. The molecule has 3 rings (SSSR count). The van der Waals surface area contributed by atoms with Crippen molar-refractivity contribution in [2.24, 2.45) is 0 Å². The normalized spacial score (nSPS) is 16.0. The second-order valence-electron chi connectivity index (χ2n) is 10.7. The van der Waals surface area contributed by atoms with Crippen molar-refractivity contribution >= 4 is 29.5 Å². The van der Waals surface area contributed by atoms with Gasteiger partial charge in [-0.05, 0) is 68.5 Å². The molecule has 36 heavy (non-hydrogen) atoms. The highest BCUT2D eigenvalue weighted by molar-refractivity contribution is 6.03. The van der Waals surface area contributed by atoms with Crippen LogP contribution in [0.1, 0.15) is 59.5 Å². The van der Waals surface area contributed by atoms with Crippen LogP contribution in [0.25, 0.3) is 6.08 Å². The van der Waals surface area contributed by atoms with Gasteiger partial charge in [0.05, 0.1) is 11.7 Å². The highest BCUT2D eigenvalue weighted by Crippen LogP contribution is 2.29. The minimum absolute atomic E-state index is 0. The first kappa shape index (κ1) is 27.2. The Hall–Kier alpha value is -3.35. The molecular formula is C29H40FN3O3. The van der Waals surface area contributed by atoms with Gasteiger partial charge in [-0.2, -0.15) is 0 Å². The van der Waals surface area contributed by atoms with E-state index >= 15 is 4.39 Å². The van der Waals surface area contributed by atoms with Crippen LogP contribution in [-0.4, -0.2) is 55.7 Å². The van der Waals surface area contributed by atoms with Crippen LogP contribution in [-0.2, 0) is 9.53 Å². The Balaban J connectivity index is 0.00000481. The van der Waals surface area contributed by atoms with E-state index in [1.54, 1.807) is 37.2 Å². The monoisotopic (exact) mass is 497 g/mol. The molecule has 1 fully saturated rings. The predicted octanol–water partition coefficient (Wildman–Crippen LogP) is 6.32. The van der Waals surface area contributed by atoms with Gasteiger partial charge in [0.15, 0.2) is 0 Å². The van der Waals surface area contributed by atoms with Crippen LogP contribution in [0.15, 0.2) is 48.5 Å². The first-order valence-electron chi connectivity index (χ1n) is 12.4. The quantitative estimate of drug-likeness (QED) is 0.439. The van der Waals surface area contributed by atoms with Gasteiger partial charge in [-0.1, -0.05) is 38.1 Å². The summed E-state index contributed by atoms with van der Waals surface area (Å²) < 4.78 is 20.5. The molecule has 7 heteroatoms. The van der Waals surface area contributed by atoms with Crippen molar-refractivity contribution in [1.82, 2.24) is 4.90 Å². The van der Waals surface area contributed by atoms with Crippen molar-refractivity contribution in [3.63, 3.8) is 0 Å². The number of rotatable bonds is 6. The lowest BCUT2D eigenvalue weighted by Gasteiger charge is -2.29. The molecule has 1 saturated heterocycles. The van der Waals surface area contributed by atoms with E-state index in [0.717, 1.165) is 12.0 Å². The third kappa shape index (κ3) is 6.86. The molecule has 2 amide bonds. The molecule has 0 bridgehead atoms. The molecule has 0 spiro atoms. The van der Waals surface area contributed by atoms with Gasteiger partial charge in [0.25, 0.3) is 5.91 Å². The highest BCUT2D eigenvalue weighted by Gasteiger charge is 2.32. The van der Waals surface area contributed by atoms with Crippen molar-refractivity contribution < 1.29 is 20.1 Å². The number of hydrogen-bond acceptors (Lipinski definition) is 4. The SMILES string of the molecule is CC(C)c1ccc(/C=C/C(=O)N(C)c2ccc(N3CCC(N(C)C(=O)OC(C)(C)C)C3)c(F)c2)cc1.[HH]. The van der Waals surface area contributed by atoms with E-state index in [4.69, 9.17) is 4.74 Å². The Morgan fingerprint density at radius 2 is 1.81 bits per heavy atom. The molecule has 0 radical (unpaired) electrons. The lowest BCUT2D eigenvalue weighted by Crippen LogP contribution is -2.42. The molecule has 1 unspecified atom stereocenters. The molecule has 0 aliphatic carbocycles. The molecule has 0 N–H and O–H groups in total. The number of nitrogens with zero attached hydrogens (tertiary/aromatic N) is 3. The van der Waals surface area contributed by atoms with E-state index in [1.165, 1.54) is 22.6 Å². The standard InChI is InChI=1S/C29H38FN3O3.H2/c1-20(2)22-11-8-21(9-12-22)10-15-27(34)31(6)23-13-14-26(25(30)18-23)33-17-16-24(19-33)32(7)28(35)36-29(3,4)5;/h8-15,18,20,24H,16-17,19H2,1-7H3;1H/b15-10+;. The maximum atomic E-state index is 15.1. The van der Waals surface area contributed by atoms with Crippen molar-refractivity contribution in [2.75, 3.05) is 37.0 Å². The van der Waals surface area contributed by atoms with Crippen LogP contribution in [0.3, 0.4) is 0 Å². The number of carbonyl (C=O) groups excluding carboxylic acids is 2. The van der Waals surface area contributed by atoms with E-state index in [9.17, 15) is 9.59 Å². The van der Waals surface area contributed by atoms with E-state index in [0.29, 0.717) is 30.4 Å². The van der Waals surface area contributed by atoms with Gasteiger partial charge in [0.1, 0.15) is 11.4 Å². The zero-order chi connectivity index (χ0) is 26.6. The van der Waals surface area contributed by atoms with E-state index in [-0.39, 0.29) is 19.5 Å². The first-order valence-corrected chi connectivity index (χ1v) is 12.4. The minimum atomic E-state index is -0.567. The smallest absolute Gasteiger partial charge is 0.410 e. The molecule has 1 atom stereocenters. The minimum Gasteiger partial charge on any atom is -0.444 e. The number of halogens is 1. The van der Waals surface area contributed by atoms with Crippen molar-refractivity contribution in [1.29, 1.82) is 0 Å². The molecular weight excluding hydrogens is 457 g/mol. The summed E-state index contributed by atoms with van der Waals surface area (Å²) in [5, 5.41) is 0. The first-order chi connectivity index (χ1) is 16.9. The van der Waals surface area contributed by atoms with Crippen LogP contribution in [0.2, 0.25) is 0 Å². The topological polar surface area (TPSA) is 53.1 Å². The average molecular weight is 498 g/mol. The summed E-state index contributed by atoms with van der Waals surface area (Å²) in [4.78, 5) is 30.0. The second kappa shape index (κ2) is 11.1. The molecule has 1 aliphatic heterocycles. The number of carbonyl (C=O) groups is 2. The molecule has 1 heterocycles. The van der Waals surface area contributed by atoms with Gasteiger partial charge >= 0.3 is 6.09 Å². The zero-order valence-corrected chi connectivity index (χ0v) is 22.4. The molecule has 0 aromatic heterocycles. The largest absolute Gasteiger partial charge is 0.444 e. The van der Waals surface area contributed by atoms with Gasteiger partial charge in [-0.15, -0.1) is 0 Å². The number of anilines is 2. The second-order valence-corrected chi connectivity index (χ2v) is 10.7. The Morgan fingerprint density at radius 3 is 2.39 bits per heavy atom. The Kier molecular flexibility index (Phi) is 8.43. The average Bonchev–Trinajstić information content (AvgIpc) is 3.30. The highest BCUT2D eigenvalue weighted by atomic mass is 19.1. The van der Waals surface area contributed by atoms with Crippen LogP contribution >= 0.6 is 0 Å². The van der Waals surface area contributed by atoms with Gasteiger partial charge in [-0.3, -0.25) is 4.79 Å². The summed E-state index contributed by atoms with van der Waals surface area (Å²) >= 11 is 0. The number of hydrogen-bond donors (Lipinski definition) is 0. The molecule has 196 valence electrons. The lowest BCUT2D eigenvalue weighted by atomic mass is 10.0. The van der Waals surface area contributed by atoms with Gasteiger partial charge in [0.2, 0.25) is 0 Å². The van der Waals surface area contributed by atoms with Crippen molar-refractivity contribution in [3.05, 3.63) is 65.5 Å². The fraction of sp³-hybridized carbons (Fsp3) is 0.448. The maximum Gasteiger partial charge on any atom is 0.410 e. The van der Waals surface area contributed by atoms with E-state index < -0.39 is 11.4 Å². The van der Waals surface area contributed by atoms with Crippen LogP contribution < -0.4 is 9.80 Å². The Morgan fingerprint density at radius 1 is 1.14 bits per heavy atom. The van der Waals surface area contributed by atoms with E-state index in [1.807, 2.05) is 37.8 Å². The van der Waals surface area contributed by atoms with E-state index in [2.05, 4.69) is 26.0 Å². The van der Waals surface area contributed by atoms with Gasteiger partial charge in [0, 0.05) is 40.4 Å². The molecule has 2 aromatic rings. The Labute approximate surface area is 215 Å². The molecule has 1 aliphatic rings. The van der Waals surface area contributed by atoms with Crippen molar-refractivity contribution in [2.45, 2.75) is 58.6 Å². The van der Waals surface area contributed by atoms with Crippen LogP contribution in [0.5, 0.6) is 0 Å². The molecule has 6 nitrogen and oxygen atoms in total. The fourth-order valence-electron chi connectivity index (χ4n) is 4.12. The number of likely N-dealkylation sites (N-methyl/N-ethyl adjacent to an activating group) is 2.